The van der Waals surface area contributed by atoms with Crippen molar-refractivity contribution in [2.45, 2.75) is 277 Å². The van der Waals surface area contributed by atoms with Crippen molar-refractivity contribution in [2.24, 2.45) is 0 Å². The van der Waals surface area contributed by atoms with Gasteiger partial charge in [-0.15, -0.1) is 0 Å². The number of esters is 3. The molecule has 0 heterocycles. The quantitative estimate of drug-likeness (QED) is 0.0261. The van der Waals surface area contributed by atoms with Crippen molar-refractivity contribution in [2.75, 3.05) is 13.2 Å². The van der Waals surface area contributed by atoms with Crippen LogP contribution in [0.15, 0.2) is 109 Å². The standard InChI is InChI=1S/C66H110O6/c1-4-7-10-13-16-19-22-24-26-28-29-30-31-32-33-34-35-36-37-38-40-41-44-47-50-53-56-59-65(68)71-62-63(61-70-64(67)58-55-52-49-46-43-21-18-15-12-9-6-3)72-66(69)60-57-54-51-48-45-42-39-27-25-23-20-17-14-11-8-5-2/h7,10,15-16,18-19,24,26,29-30,32-33,35-36,38,40,44,47,63H,4-6,8-9,11-14,17,20-23,25,27-28,31,34,37,39,41-43,45-46,48-62H2,1-3H3/b10-7-,18-15-,19-16-,26-24-,30-29-,33-32-,36-35-,40-38-,47-44-. The van der Waals surface area contributed by atoms with Crippen molar-refractivity contribution in [3.05, 3.63) is 109 Å². The Morgan fingerprint density at radius 3 is 0.931 bits per heavy atom. The first kappa shape index (κ1) is 68.1. The molecule has 1 atom stereocenters. The van der Waals surface area contributed by atoms with Crippen LogP contribution in [-0.2, 0) is 28.6 Å². The first-order valence-corrected chi connectivity index (χ1v) is 29.9. The van der Waals surface area contributed by atoms with Gasteiger partial charge < -0.3 is 14.2 Å². The average molecular weight is 1000 g/mol. The number of hydrogen-bond donors (Lipinski definition) is 0. The summed E-state index contributed by atoms with van der Waals surface area (Å²) in [6, 6.07) is 0. The number of carbonyl (C=O) groups excluding carboxylic acids is 3. The van der Waals surface area contributed by atoms with Crippen LogP contribution >= 0.6 is 0 Å². The van der Waals surface area contributed by atoms with Gasteiger partial charge in [-0.2, -0.15) is 0 Å². The maximum absolute atomic E-state index is 12.9. The number of ether oxygens (including phenoxy) is 3. The second-order valence-corrected chi connectivity index (χ2v) is 19.5. The summed E-state index contributed by atoms with van der Waals surface area (Å²) in [5.74, 6) is -0.946. The molecule has 0 spiro atoms. The lowest BCUT2D eigenvalue weighted by molar-refractivity contribution is -0.167. The third kappa shape index (κ3) is 57.0. The van der Waals surface area contributed by atoms with Gasteiger partial charge in [0, 0.05) is 19.3 Å². The molecule has 0 radical (unpaired) electrons. The summed E-state index contributed by atoms with van der Waals surface area (Å²) in [4.78, 5) is 38.1. The fourth-order valence-electron chi connectivity index (χ4n) is 8.03. The molecule has 1 unspecified atom stereocenters. The molecule has 0 aromatic heterocycles. The average Bonchev–Trinajstić information content (AvgIpc) is 3.38. The molecule has 0 amide bonds. The van der Waals surface area contributed by atoms with Crippen molar-refractivity contribution < 1.29 is 28.6 Å². The summed E-state index contributed by atoms with van der Waals surface area (Å²) in [7, 11) is 0. The van der Waals surface area contributed by atoms with E-state index in [0.717, 1.165) is 122 Å². The first-order chi connectivity index (χ1) is 35.5. The SMILES string of the molecule is CC/C=C\C/C=C\C/C=C\C/C=C\C/C=C\C/C=C\C/C=C\C/C=C\CCCCC(=O)OCC(COC(=O)CCCCCCC/C=C\CCCC)OC(=O)CCCCCCCCCCCCCCCCCC. The van der Waals surface area contributed by atoms with Gasteiger partial charge in [0.1, 0.15) is 13.2 Å². The summed E-state index contributed by atoms with van der Waals surface area (Å²) in [5, 5.41) is 0. The zero-order valence-electron chi connectivity index (χ0n) is 46.9. The first-order valence-electron chi connectivity index (χ1n) is 29.9. The van der Waals surface area contributed by atoms with E-state index < -0.39 is 6.10 Å². The van der Waals surface area contributed by atoms with Gasteiger partial charge in [0.25, 0.3) is 0 Å². The summed E-state index contributed by atoms with van der Waals surface area (Å²) < 4.78 is 16.8. The molecule has 72 heavy (non-hydrogen) atoms. The van der Waals surface area contributed by atoms with Gasteiger partial charge in [-0.05, 0) is 103 Å². The van der Waals surface area contributed by atoms with Crippen LogP contribution in [0.25, 0.3) is 0 Å². The number of rotatable bonds is 53. The molecule has 410 valence electrons. The molecule has 0 rings (SSSR count). The maximum atomic E-state index is 12.9. The Bertz CT molecular complexity index is 1470. The van der Waals surface area contributed by atoms with Gasteiger partial charge in [-0.3, -0.25) is 14.4 Å². The van der Waals surface area contributed by atoms with Gasteiger partial charge >= 0.3 is 17.9 Å². The number of unbranched alkanes of at least 4 members (excludes halogenated alkanes) is 24. The second-order valence-electron chi connectivity index (χ2n) is 19.5. The van der Waals surface area contributed by atoms with Crippen LogP contribution in [0.2, 0.25) is 0 Å². The Morgan fingerprint density at radius 2 is 0.556 bits per heavy atom. The van der Waals surface area contributed by atoms with Crippen molar-refractivity contribution in [1.82, 2.24) is 0 Å². The Labute approximate surface area is 444 Å². The van der Waals surface area contributed by atoms with Crippen LogP contribution in [0.4, 0.5) is 0 Å². The van der Waals surface area contributed by atoms with Gasteiger partial charge in [0.15, 0.2) is 6.10 Å². The Balaban J connectivity index is 4.39. The zero-order chi connectivity index (χ0) is 52.2. The normalized spacial score (nSPS) is 12.9. The monoisotopic (exact) mass is 999 g/mol. The predicted octanol–water partition coefficient (Wildman–Crippen LogP) is 20.3. The highest BCUT2D eigenvalue weighted by Crippen LogP contribution is 2.15. The molecular formula is C66H110O6. The molecule has 0 aliphatic carbocycles. The van der Waals surface area contributed by atoms with E-state index in [1.165, 1.54) is 109 Å². The van der Waals surface area contributed by atoms with E-state index in [2.05, 4.69) is 130 Å². The molecule has 0 saturated heterocycles. The molecule has 0 aromatic carbocycles. The van der Waals surface area contributed by atoms with Crippen LogP contribution in [0.1, 0.15) is 271 Å². The van der Waals surface area contributed by atoms with Crippen molar-refractivity contribution in [3.63, 3.8) is 0 Å². The molecular weight excluding hydrogens is 889 g/mol. The van der Waals surface area contributed by atoms with E-state index in [-0.39, 0.29) is 31.1 Å². The molecule has 0 aliphatic heterocycles. The molecule has 6 heteroatoms. The smallest absolute Gasteiger partial charge is 0.306 e. The van der Waals surface area contributed by atoms with E-state index in [9.17, 15) is 14.4 Å². The molecule has 6 nitrogen and oxygen atoms in total. The largest absolute Gasteiger partial charge is 0.462 e. The van der Waals surface area contributed by atoms with Gasteiger partial charge in [0.2, 0.25) is 0 Å². The highest BCUT2D eigenvalue weighted by atomic mass is 16.6. The molecule has 0 saturated carbocycles. The minimum atomic E-state index is -0.799. The molecule has 0 fully saturated rings. The Hall–Kier alpha value is -3.93. The van der Waals surface area contributed by atoms with Crippen LogP contribution < -0.4 is 0 Å². The highest BCUT2D eigenvalue weighted by Gasteiger charge is 2.19. The van der Waals surface area contributed by atoms with Gasteiger partial charge in [-0.25, -0.2) is 0 Å². The van der Waals surface area contributed by atoms with E-state index in [1.54, 1.807) is 0 Å². The molecule has 0 aliphatic rings. The lowest BCUT2D eigenvalue weighted by Gasteiger charge is -2.18. The fraction of sp³-hybridized carbons (Fsp3) is 0.682. The van der Waals surface area contributed by atoms with Crippen LogP contribution in [0.5, 0.6) is 0 Å². The van der Waals surface area contributed by atoms with Gasteiger partial charge in [-0.1, -0.05) is 259 Å². The summed E-state index contributed by atoms with van der Waals surface area (Å²) in [5.41, 5.74) is 0. The van der Waals surface area contributed by atoms with Crippen molar-refractivity contribution >= 4 is 17.9 Å². The summed E-state index contributed by atoms with van der Waals surface area (Å²) >= 11 is 0. The Kier molecular flexibility index (Phi) is 56.4. The molecule has 0 N–H and O–H groups in total. The minimum absolute atomic E-state index is 0.0954. The second kappa shape index (κ2) is 59.6. The van der Waals surface area contributed by atoms with E-state index >= 15 is 0 Å². The van der Waals surface area contributed by atoms with E-state index in [0.29, 0.717) is 19.3 Å². The molecule has 0 aromatic rings. The minimum Gasteiger partial charge on any atom is -0.462 e. The summed E-state index contributed by atoms with van der Waals surface area (Å²) in [6.07, 6.45) is 80.9. The van der Waals surface area contributed by atoms with Crippen molar-refractivity contribution in [1.29, 1.82) is 0 Å². The van der Waals surface area contributed by atoms with Crippen LogP contribution in [0.3, 0.4) is 0 Å². The lowest BCUT2D eigenvalue weighted by Crippen LogP contribution is -2.30. The predicted molar refractivity (Wildman–Crippen MR) is 311 cm³/mol. The Morgan fingerprint density at radius 1 is 0.292 bits per heavy atom. The summed E-state index contributed by atoms with van der Waals surface area (Å²) in [6.45, 7) is 6.45. The van der Waals surface area contributed by atoms with Crippen LogP contribution in [0, 0.1) is 0 Å². The zero-order valence-corrected chi connectivity index (χ0v) is 46.9. The van der Waals surface area contributed by atoms with Gasteiger partial charge in [0.05, 0.1) is 0 Å². The number of carbonyl (C=O) groups is 3. The van der Waals surface area contributed by atoms with E-state index in [1.807, 2.05) is 0 Å². The molecule has 0 bridgehead atoms. The number of allylic oxidation sites excluding steroid dienone is 18. The van der Waals surface area contributed by atoms with Crippen molar-refractivity contribution in [3.8, 4) is 0 Å². The maximum Gasteiger partial charge on any atom is 0.306 e. The number of hydrogen-bond acceptors (Lipinski definition) is 6. The van der Waals surface area contributed by atoms with E-state index in [4.69, 9.17) is 14.2 Å². The van der Waals surface area contributed by atoms with Crippen LogP contribution in [-0.4, -0.2) is 37.2 Å². The highest BCUT2D eigenvalue weighted by molar-refractivity contribution is 5.71. The third-order valence-electron chi connectivity index (χ3n) is 12.5. The fourth-order valence-corrected chi connectivity index (χ4v) is 8.03. The third-order valence-corrected chi connectivity index (χ3v) is 12.5. The topological polar surface area (TPSA) is 78.9 Å². The lowest BCUT2D eigenvalue weighted by atomic mass is 10.0.